The second-order valence-electron chi connectivity index (χ2n) is 6.65. The van der Waals surface area contributed by atoms with Gasteiger partial charge in [-0.3, -0.25) is 19.3 Å². The molecule has 5 nitrogen and oxygen atoms in total. The molecule has 2 aromatic carbocycles. The van der Waals surface area contributed by atoms with Crippen molar-refractivity contribution in [1.29, 1.82) is 0 Å². The summed E-state index contributed by atoms with van der Waals surface area (Å²) in [5, 5.41) is 1.84. The van der Waals surface area contributed by atoms with E-state index < -0.39 is 42.2 Å². The minimum atomic E-state index is -4.81. The number of fused-ring (bicyclic) bond motifs is 1. The molecule has 1 aliphatic rings. The molecule has 0 radical (unpaired) electrons. The molecule has 29 heavy (non-hydrogen) atoms. The van der Waals surface area contributed by atoms with Crippen molar-refractivity contribution in [3.8, 4) is 0 Å². The van der Waals surface area contributed by atoms with Crippen LogP contribution in [-0.2, 0) is 4.79 Å². The fourth-order valence-corrected chi connectivity index (χ4v) is 3.06. The quantitative estimate of drug-likeness (QED) is 0.608. The van der Waals surface area contributed by atoms with E-state index in [1.54, 1.807) is 19.1 Å². The van der Waals surface area contributed by atoms with Gasteiger partial charge >= 0.3 is 6.18 Å². The molecule has 0 spiro atoms. The maximum Gasteiger partial charge on any atom is 0.412 e. The van der Waals surface area contributed by atoms with E-state index in [-0.39, 0.29) is 23.2 Å². The standard InChI is InChI=1S/C20H16F4N2O3/c1-11-2-7-14-15(10-11)19(29)26(18(14)28)9-8-16(27)25-17(20(22,23)24)12-3-5-13(21)6-4-12/h2-7,10,17H,8-9H2,1H3,(H,25,27). The first-order chi connectivity index (χ1) is 13.6. The lowest BCUT2D eigenvalue weighted by atomic mass is 10.1. The van der Waals surface area contributed by atoms with E-state index in [0.717, 1.165) is 34.7 Å². The van der Waals surface area contributed by atoms with Crippen LogP contribution in [0, 0.1) is 12.7 Å². The van der Waals surface area contributed by atoms with E-state index in [4.69, 9.17) is 0 Å². The van der Waals surface area contributed by atoms with Crippen molar-refractivity contribution < 1.29 is 31.9 Å². The lowest BCUT2D eigenvalue weighted by molar-refractivity contribution is -0.163. The van der Waals surface area contributed by atoms with Gasteiger partial charge in [-0.15, -0.1) is 0 Å². The van der Waals surface area contributed by atoms with Gasteiger partial charge in [0.25, 0.3) is 11.8 Å². The van der Waals surface area contributed by atoms with Crippen molar-refractivity contribution in [3.63, 3.8) is 0 Å². The third-order valence-electron chi connectivity index (χ3n) is 4.52. The first-order valence-electron chi connectivity index (χ1n) is 8.66. The molecule has 0 bridgehead atoms. The Morgan fingerprint density at radius 2 is 1.66 bits per heavy atom. The van der Waals surface area contributed by atoms with Gasteiger partial charge in [0.1, 0.15) is 5.82 Å². The zero-order valence-electron chi connectivity index (χ0n) is 15.2. The van der Waals surface area contributed by atoms with Gasteiger partial charge in [0.15, 0.2) is 6.04 Å². The number of amides is 3. The minimum Gasteiger partial charge on any atom is -0.341 e. The molecule has 0 fully saturated rings. The van der Waals surface area contributed by atoms with Crippen LogP contribution in [0.15, 0.2) is 42.5 Å². The molecule has 0 aromatic heterocycles. The van der Waals surface area contributed by atoms with Crippen molar-refractivity contribution in [2.24, 2.45) is 0 Å². The Kier molecular flexibility index (Phi) is 5.41. The predicted molar refractivity (Wildman–Crippen MR) is 94.5 cm³/mol. The third-order valence-corrected chi connectivity index (χ3v) is 4.52. The molecule has 1 N–H and O–H groups in total. The Bertz CT molecular complexity index is 971. The van der Waals surface area contributed by atoms with E-state index >= 15 is 0 Å². The molecule has 0 saturated carbocycles. The SMILES string of the molecule is Cc1ccc2c(c1)C(=O)N(CCC(=O)NC(c1ccc(F)cc1)C(F)(F)F)C2=O. The van der Waals surface area contributed by atoms with E-state index in [2.05, 4.69) is 0 Å². The van der Waals surface area contributed by atoms with Crippen LogP contribution in [0.3, 0.4) is 0 Å². The maximum atomic E-state index is 13.3. The molecule has 2 aromatic rings. The Morgan fingerprint density at radius 3 is 2.28 bits per heavy atom. The summed E-state index contributed by atoms with van der Waals surface area (Å²) in [6.45, 7) is 1.39. The van der Waals surface area contributed by atoms with Crippen LogP contribution in [-0.4, -0.2) is 35.3 Å². The number of nitrogens with zero attached hydrogens (tertiary/aromatic N) is 1. The number of imide groups is 1. The van der Waals surface area contributed by atoms with Crippen LogP contribution >= 0.6 is 0 Å². The molecule has 1 heterocycles. The number of carbonyl (C=O) groups is 3. The molecule has 1 unspecified atom stereocenters. The highest BCUT2D eigenvalue weighted by Crippen LogP contribution is 2.33. The number of hydrogen-bond acceptors (Lipinski definition) is 3. The van der Waals surface area contributed by atoms with Gasteiger partial charge in [-0.05, 0) is 36.8 Å². The van der Waals surface area contributed by atoms with Gasteiger partial charge < -0.3 is 5.32 Å². The van der Waals surface area contributed by atoms with Gasteiger partial charge in [0.2, 0.25) is 5.91 Å². The molecule has 9 heteroatoms. The number of nitrogens with one attached hydrogen (secondary N) is 1. The Labute approximate surface area is 163 Å². The largest absolute Gasteiger partial charge is 0.412 e. The Hall–Kier alpha value is -3.23. The maximum absolute atomic E-state index is 13.3. The molecule has 1 aliphatic heterocycles. The number of rotatable bonds is 5. The van der Waals surface area contributed by atoms with E-state index in [0.29, 0.717) is 0 Å². The second-order valence-corrected chi connectivity index (χ2v) is 6.65. The number of carbonyl (C=O) groups excluding carboxylic acids is 3. The molecule has 3 amide bonds. The average Bonchev–Trinajstić information content (AvgIpc) is 2.88. The number of aryl methyl sites for hydroxylation is 1. The first-order valence-corrected chi connectivity index (χ1v) is 8.66. The van der Waals surface area contributed by atoms with Crippen LogP contribution in [0.4, 0.5) is 17.6 Å². The highest BCUT2D eigenvalue weighted by atomic mass is 19.4. The number of benzene rings is 2. The summed E-state index contributed by atoms with van der Waals surface area (Å²) in [6, 6.07) is 5.96. The van der Waals surface area contributed by atoms with Crippen LogP contribution in [0.5, 0.6) is 0 Å². The van der Waals surface area contributed by atoms with E-state index in [9.17, 15) is 31.9 Å². The Morgan fingerprint density at radius 1 is 1.03 bits per heavy atom. The minimum absolute atomic E-state index is 0.195. The highest BCUT2D eigenvalue weighted by molar-refractivity contribution is 6.21. The summed E-state index contributed by atoms with van der Waals surface area (Å²) < 4.78 is 52.9. The van der Waals surface area contributed by atoms with Gasteiger partial charge in [-0.2, -0.15) is 13.2 Å². The first kappa shape index (κ1) is 20.5. The van der Waals surface area contributed by atoms with Crippen molar-refractivity contribution >= 4 is 17.7 Å². The zero-order chi connectivity index (χ0) is 21.3. The summed E-state index contributed by atoms with van der Waals surface area (Å²) in [5.41, 5.74) is 0.843. The smallest absolute Gasteiger partial charge is 0.341 e. The van der Waals surface area contributed by atoms with Crippen LogP contribution in [0.2, 0.25) is 0 Å². The molecule has 0 aliphatic carbocycles. The predicted octanol–water partition coefficient (Wildman–Crippen LogP) is 3.54. The second kappa shape index (κ2) is 7.65. The lowest BCUT2D eigenvalue weighted by Gasteiger charge is -2.22. The summed E-state index contributed by atoms with van der Waals surface area (Å²) in [4.78, 5) is 37.6. The van der Waals surface area contributed by atoms with Gasteiger partial charge in [-0.1, -0.05) is 23.8 Å². The van der Waals surface area contributed by atoms with E-state index in [1.165, 1.54) is 6.07 Å². The number of halogens is 4. The van der Waals surface area contributed by atoms with Gasteiger partial charge in [-0.25, -0.2) is 4.39 Å². The highest BCUT2D eigenvalue weighted by Gasteiger charge is 2.42. The van der Waals surface area contributed by atoms with Crippen LogP contribution in [0.1, 0.15) is 44.3 Å². The fourth-order valence-electron chi connectivity index (χ4n) is 3.06. The number of alkyl halides is 3. The van der Waals surface area contributed by atoms with Crippen LogP contribution < -0.4 is 5.32 Å². The number of hydrogen-bond donors (Lipinski definition) is 1. The van der Waals surface area contributed by atoms with Gasteiger partial charge in [0, 0.05) is 13.0 Å². The van der Waals surface area contributed by atoms with Crippen molar-refractivity contribution in [2.45, 2.75) is 25.6 Å². The Balaban J connectivity index is 1.68. The summed E-state index contributed by atoms with van der Waals surface area (Å²) in [5.74, 6) is -2.89. The van der Waals surface area contributed by atoms with Crippen LogP contribution in [0.25, 0.3) is 0 Å². The molecule has 152 valence electrons. The van der Waals surface area contributed by atoms with Crippen molar-refractivity contribution in [3.05, 3.63) is 70.5 Å². The summed E-state index contributed by atoms with van der Waals surface area (Å²) in [6.07, 6.45) is -5.31. The molecule has 3 rings (SSSR count). The fraction of sp³-hybridized carbons (Fsp3) is 0.250. The zero-order valence-corrected chi connectivity index (χ0v) is 15.2. The molecular formula is C20H16F4N2O3. The topological polar surface area (TPSA) is 66.5 Å². The normalized spacial score (nSPS) is 14.7. The van der Waals surface area contributed by atoms with Crippen molar-refractivity contribution in [1.82, 2.24) is 10.2 Å². The summed E-state index contributed by atoms with van der Waals surface area (Å²) >= 11 is 0. The molecular weight excluding hydrogens is 392 g/mol. The molecule has 0 saturated heterocycles. The summed E-state index contributed by atoms with van der Waals surface area (Å²) in [7, 11) is 0. The van der Waals surface area contributed by atoms with Crippen molar-refractivity contribution in [2.75, 3.05) is 6.54 Å². The third kappa shape index (κ3) is 4.28. The average molecular weight is 408 g/mol. The van der Waals surface area contributed by atoms with E-state index in [1.807, 2.05) is 5.32 Å². The van der Waals surface area contributed by atoms with Gasteiger partial charge in [0.05, 0.1) is 11.1 Å². The monoisotopic (exact) mass is 408 g/mol. The molecule has 1 atom stereocenters. The lowest BCUT2D eigenvalue weighted by Crippen LogP contribution is -2.40.